The Kier molecular flexibility index (Phi) is 1.16. The van der Waals surface area contributed by atoms with Gasteiger partial charge in [-0.2, -0.15) is 0 Å². The third-order valence-electron chi connectivity index (χ3n) is 3.82. The van der Waals surface area contributed by atoms with Gasteiger partial charge in [0.1, 0.15) is 0 Å². The van der Waals surface area contributed by atoms with Gasteiger partial charge in [0.15, 0.2) is 0 Å². The number of hydrogen-bond donors (Lipinski definition) is 0. The van der Waals surface area contributed by atoms with Crippen LogP contribution in [0.5, 0.6) is 0 Å². The van der Waals surface area contributed by atoms with Crippen LogP contribution in [-0.4, -0.2) is 36.7 Å². The number of likely N-dealkylation sites (N-methyl/N-ethyl adjacent to an activating group) is 1. The Morgan fingerprint density at radius 3 is 2.73 bits per heavy atom. The van der Waals surface area contributed by atoms with E-state index in [1.54, 1.807) is 0 Å². The molecule has 0 radical (unpaired) electrons. The second-order valence-electron chi connectivity index (χ2n) is 4.19. The summed E-state index contributed by atoms with van der Waals surface area (Å²) < 4.78 is 5.60. The highest BCUT2D eigenvalue weighted by Crippen LogP contribution is 2.45. The standard InChI is InChI=1S/C9H15NO/c1-10-7-3-2-4-8(10)9-6(7)5-11-9/h6-9H,2-5H2,1H3. The van der Waals surface area contributed by atoms with Gasteiger partial charge in [0.05, 0.1) is 12.7 Å². The molecule has 3 aliphatic rings. The van der Waals surface area contributed by atoms with Crippen LogP contribution in [0.3, 0.4) is 0 Å². The SMILES string of the molecule is CN1C2CCCC1C1OCC12. The molecule has 0 aromatic carbocycles. The summed E-state index contributed by atoms with van der Waals surface area (Å²) in [5.74, 6) is 0.896. The van der Waals surface area contributed by atoms with Crippen LogP contribution in [0.15, 0.2) is 0 Å². The zero-order valence-corrected chi connectivity index (χ0v) is 6.99. The molecule has 0 N–H and O–H groups in total. The van der Waals surface area contributed by atoms with E-state index in [-0.39, 0.29) is 0 Å². The minimum Gasteiger partial charge on any atom is -0.376 e. The number of hydrogen-bond acceptors (Lipinski definition) is 2. The summed E-state index contributed by atoms with van der Waals surface area (Å²) >= 11 is 0. The zero-order chi connectivity index (χ0) is 7.42. The van der Waals surface area contributed by atoms with E-state index in [9.17, 15) is 0 Å². The summed E-state index contributed by atoms with van der Waals surface area (Å²) in [6, 6.07) is 1.64. The first-order valence-electron chi connectivity index (χ1n) is 4.71. The fourth-order valence-electron chi connectivity index (χ4n) is 3.15. The lowest BCUT2D eigenvalue weighted by molar-refractivity contribution is -0.103. The first kappa shape index (κ1) is 6.44. The average Bonchev–Trinajstić information content (AvgIpc) is 2.09. The van der Waals surface area contributed by atoms with Crippen molar-refractivity contribution in [1.82, 2.24) is 4.90 Å². The molecule has 4 atom stereocenters. The van der Waals surface area contributed by atoms with Crippen LogP contribution in [0.2, 0.25) is 0 Å². The number of ether oxygens (including phenoxy) is 1. The van der Waals surface area contributed by atoms with Crippen molar-refractivity contribution in [2.75, 3.05) is 13.7 Å². The molecule has 0 saturated carbocycles. The summed E-state index contributed by atoms with van der Waals surface area (Å²) in [7, 11) is 2.27. The lowest BCUT2D eigenvalue weighted by Crippen LogP contribution is -2.43. The second kappa shape index (κ2) is 1.99. The van der Waals surface area contributed by atoms with Crippen LogP contribution in [-0.2, 0) is 4.74 Å². The Bertz CT molecular complexity index is 160. The Hall–Kier alpha value is -0.0800. The minimum atomic E-state index is 0.618. The van der Waals surface area contributed by atoms with Gasteiger partial charge < -0.3 is 4.74 Å². The fraction of sp³-hybridized carbons (Fsp3) is 1.00. The molecule has 3 fully saturated rings. The average molecular weight is 153 g/mol. The van der Waals surface area contributed by atoms with Gasteiger partial charge in [0.25, 0.3) is 0 Å². The molecular weight excluding hydrogens is 138 g/mol. The summed E-state index contributed by atoms with van der Waals surface area (Å²) in [5, 5.41) is 0. The lowest BCUT2D eigenvalue weighted by atomic mass is 9.93. The van der Waals surface area contributed by atoms with Gasteiger partial charge >= 0.3 is 0 Å². The summed E-state index contributed by atoms with van der Waals surface area (Å²) in [4.78, 5) is 2.56. The highest BCUT2D eigenvalue weighted by molar-refractivity contribution is 5.06. The highest BCUT2D eigenvalue weighted by Gasteiger charge is 2.54. The lowest BCUT2D eigenvalue weighted by Gasteiger charge is -2.33. The Balaban J connectivity index is 1.92. The van der Waals surface area contributed by atoms with E-state index in [1.807, 2.05) is 0 Å². The van der Waals surface area contributed by atoms with Gasteiger partial charge in [0.2, 0.25) is 0 Å². The topological polar surface area (TPSA) is 12.5 Å². The molecule has 3 heterocycles. The molecule has 0 amide bonds. The van der Waals surface area contributed by atoms with Crippen molar-refractivity contribution in [3.8, 4) is 0 Å². The molecular formula is C9H15NO. The number of fused-ring (bicyclic) bond motifs is 5. The quantitative estimate of drug-likeness (QED) is 0.512. The predicted molar refractivity (Wildman–Crippen MR) is 42.4 cm³/mol. The first-order chi connectivity index (χ1) is 5.38. The van der Waals surface area contributed by atoms with Crippen LogP contribution in [0.4, 0.5) is 0 Å². The van der Waals surface area contributed by atoms with Crippen molar-refractivity contribution in [2.45, 2.75) is 37.5 Å². The molecule has 0 aromatic rings. The highest BCUT2D eigenvalue weighted by atomic mass is 16.5. The summed E-state index contributed by atoms with van der Waals surface area (Å²) in [5.41, 5.74) is 0. The number of rotatable bonds is 0. The monoisotopic (exact) mass is 153 g/mol. The van der Waals surface area contributed by atoms with Crippen molar-refractivity contribution in [1.29, 1.82) is 0 Å². The first-order valence-corrected chi connectivity index (χ1v) is 4.71. The van der Waals surface area contributed by atoms with E-state index in [0.29, 0.717) is 6.10 Å². The largest absolute Gasteiger partial charge is 0.376 e. The van der Waals surface area contributed by atoms with E-state index in [2.05, 4.69) is 11.9 Å². The molecule has 0 aromatic heterocycles. The van der Waals surface area contributed by atoms with Crippen LogP contribution in [0.1, 0.15) is 19.3 Å². The van der Waals surface area contributed by atoms with E-state index in [1.165, 1.54) is 19.3 Å². The fourth-order valence-corrected chi connectivity index (χ4v) is 3.15. The molecule has 62 valence electrons. The van der Waals surface area contributed by atoms with Crippen LogP contribution in [0, 0.1) is 5.92 Å². The van der Waals surface area contributed by atoms with Gasteiger partial charge in [0, 0.05) is 18.0 Å². The Labute approximate surface area is 67.5 Å². The van der Waals surface area contributed by atoms with Crippen molar-refractivity contribution in [3.63, 3.8) is 0 Å². The molecule has 11 heavy (non-hydrogen) atoms. The zero-order valence-electron chi connectivity index (χ0n) is 6.99. The second-order valence-corrected chi connectivity index (χ2v) is 4.19. The third-order valence-corrected chi connectivity index (χ3v) is 3.82. The molecule has 0 spiro atoms. The van der Waals surface area contributed by atoms with Crippen LogP contribution < -0.4 is 0 Å². The summed E-state index contributed by atoms with van der Waals surface area (Å²) in [6.45, 7) is 1.04. The van der Waals surface area contributed by atoms with E-state index < -0.39 is 0 Å². The summed E-state index contributed by atoms with van der Waals surface area (Å²) in [6.07, 6.45) is 4.83. The molecule has 2 bridgehead atoms. The van der Waals surface area contributed by atoms with Crippen LogP contribution >= 0.6 is 0 Å². The Morgan fingerprint density at radius 2 is 2.09 bits per heavy atom. The van der Waals surface area contributed by atoms with Crippen molar-refractivity contribution in [2.24, 2.45) is 5.92 Å². The van der Waals surface area contributed by atoms with Crippen molar-refractivity contribution in [3.05, 3.63) is 0 Å². The maximum Gasteiger partial charge on any atom is 0.0795 e. The van der Waals surface area contributed by atoms with Gasteiger partial charge in [-0.1, -0.05) is 6.42 Å². The smallest absolute Gasteiger partial charge is 0.0795 e. The van der Waals surface area contributed by atoms with E-state index >= 15 is 0 Å². The molecule has 2 heteroatoms. The van der Waals surface area contributed by atoms with Crippen molar-refractivity contribution < 1.29 is 4.74 Å². The normalized spacial score (nSPS) is 55.4. The molecule has 3 aliphatic heterocycles. The van der Waals surface area contributed by atoms with Crippen molar-refractivity contribution >= 4 is 0 Å². The third kappa shape index (κ3) is 0.651. The van der Waals surface area contributed by atoms with E-state index in [0.717, 1.165) is 24.6 Å². The Morgan fingerprint density at radius 1 is 1.27 bits per heavy atom. The van der Waals surface area contributed by atoms with E-state index in [4.69, 9.17) is 4.74 Å². The number of piperidine rings is 1. The molecule has 0 aliphatic carbocycles. The van der Waals surface area contributed by atoms with Gasteiger partial charge in [-0.3, -0.25) is 4.90 Å². The molecule has 4 unspecified atom stereocenters. The van der Waals surface area contributed by atoms with Gasteiger partial charge in [-0.25, -0.2) is 0 Å². The van der Waals surface area contributed by atoms with Gasteiger partial charge in [-0.15, -0.1) is 0 Å². The minimum absolute atomic E-state index is 0.618. The molecule has 2 nitrogen and oxygen atoms in total. The molecule has 3 rings (SSSR count). The number of nitrogens with zero attached hydrogens (tertiary/aromatic N) is 1. The maximum atomic E-state index is 5.60. The predicted octanol–water partition coefficient (Wildman–Crippen LogP) is 0.868. The maximum absolute atomic E-state index is 5.60. The van der Waals surface area contributed by atoms with Crippen LogP contribution in [0.25, 0.3) is 0 Å². The molecule has 3 saturated heterocycles. The van der Waals surface area contributed by atoms with Gasteiger partial charge in [-0.05, 0) is 19.9 Å².